The second-order valence-electron chi connectivity index (χ2n) is 3.02. The van der Waals surface area contributed by atoms with E-state index >= 15 is 0 Å². The van der Waals surface area contributed by atoms with Gasteiger partial charge in [0.05, 0.1) is 0 Å². The summed E-state index contributed by atoms with van der Waals surface area (Å²) in [6, 6.07) is 0. The third-order valence-corrected chi connectivity index (χ3v) is 2.03. The van der Waals surface area contributed by atoms with Gasteiger partial charge >= 0.3 is 0 Å². The van der Waals surface area contributed by atoms with Crippen LogP contribution in [-0.2, 0) is 0 Å². The Morgan fingerprint density at radius 1 is 1.09 bits per heavy atom. The molecule has 11 heavy (non-hydrogen) atoms. The highest BCUT2D eigenvalue weighted by Gasteiger charge is 2.03. The summed E-state index contributed by atoms with van der Waals surface area (Å²) in [5, 5.41) is 8.53. The van der Waals surface area contributed by atoms with Crippen molar-refractivity contribution >= 4 is 0 Å². The monoisotopic (exact) mass is 155 g/mol. The molecule has 1 rings (SSSR count). The molecular weight excluding hydrogens is 138 g/mol. The molecule has 2 nitrogen and oxygen atoms in total. The van der Waals surface area contributed by atoms with E-state index in [0.29, 0.717) is 6.61 Å². The molecule has 1 heterocycles. The van der Waals surface area contributed by atoms with Crippen LogP contribution >= 0.6 is 0 Å². The molecule has 0 saturated carbocycles. The lowest BCUT2D eigenvalue weighted by atomic mass is 10.2. The average molecular weight is 155 g/mol. The van der Waals surface area contributed by atoms with Crippen molar-refractivity contribution in [3.05, 3.63) is 12.2 Å². The summed E-state index contributed by atoms with van der Waals surface area (Å²) in [4.78, 5) is 2.41. The van der Waals surface area contributed by atoms with E-state index < -0.39 is 0 Å². The van der Waals surface area contributed by atoms with Gasteiger partial charge in [0, 0.05) is 19.7 Å². The molecular formula is C9H17NO. The molecule has 1 aliphatic rings. The van der Waals surface area contributed by atoms with E-state index in [1.165, 1.54) is 13.0 Å². The smallest absolute Gasteiger partial charge is 0.0431 e. The molecule has 1 N–H and O–H groups in total. The van der Waals surface area contributed by atoms with Gasteiger partial charge in [0.15, 0.2) is 0 Å². The molecule has 1 aliphatic heterocycles. The summed E-state index contributed by atoms with van der Waals surface area (Å²) in [6.45, 7) is 3.78. The fraction of sp³-hybridized carbons (Fsp3) is 0.778. The molecule has 0 bridgehead atoms. The second-order valence-corrected chi connectivity index (χ2v) is 3.02. The van der Waals surface area contributed by atoms with Crippen LogP contribution in [0.3, 0.4) is 0 Å². The van der Waals surface area contributed by atoms with Crippen LogP contribution in [0.25, 0.3) is 0 Å². The zero-order valence-corrected chi connectivity index (χ0v) is 7.00. The molecule has 2 heteroatoms. The lowest BCUT2D eigenvalue weighted by molar-refractivity contribution is 0.275. The third-order valence-electron chi connectivity index (χ3n) is 2.03. The molecule has 0 atom stereocenters. The van der Waals surface area contributed by atoms with E-state index in [-0.39, 0.29) is 0 Å². The molecule has 0 radical (unpaired) electrons. The van der Waals surface area contributed by atoms with E-state index in [1.807, 2.05) is 0 Å². The van der Waals surface area contributed by atoms with Gasteiger partial charge in [0.25, 0.3) is 0 Å². The minimum Gasteiger partial charge on any atom is -0.396 e. The number of unbranched alkanes of at least 4 members (excludes halogenated alkanes) is 2. The number of aliphatic hydroxyl groups is 1. The molecule has 0 spiro atoms. The van der Waals surface area contributed by atoms with Gasteiger partial charge in [-0.05, 0) is 25.8 Å². The Hall–Kier alpha value is -0.340. The zero-order chi connectivity index (χ0) is 7.94. The minimum absolute atomic E-state index is 0.345. The van der Waals surface area contributed by atoms with Crippen molar-refractivity contribution in [2.75, 3.05) is 26.2 Å². The fourth-order valence-corrected chi connectivity index (χ4v) is 1.33. The molecule has 0 unspecified atom stereocenters. The van der Waals surface area contributed by atoms with Crippen LogP contribution in [0.4, 0.5) is 0 Å². The SMILES string of the molecule is OCCCCCN1CC=CC1. The number of hydrogen-bond acceptors (Lipinski definition) is 2. The lowest BCUT2D eigenvalue weighted by Gasteiger charge is -2.13. The quantitative estimate of drug-likeness (QED) is 0.473. The Labute approximate surface area is 68.5 Å². The molecule has 64 valence electrons. The number of aliphatic hydroxyl groups excluding tert-OH is 1. The van der Waals surface area contributed by atoms with Gasteiger partial charge in [0.1, 0.15) is 0 Å². The summed E-state index contributed by atoms with van der Waals surface area (Å²) < 4.78 is 0. The average Bonchev–Trinajstić information content (AvgIpc) is 2.50. The first-order valence-electron chi connectivity index (χ1n) is 4.41. The highest BCUT2D eigenvalue weighted by Crippen LogP contribution is 2.02. The van der Waals surface area contributed by atoms with Crippen molar-refractivity contribution in [2.45, 2.75) is 19.3 Å². The van der Waals surface area contributed by atoms with Crippen LogP contribution in [0.2, 0.25) is 0 Å². The fourth-order valence-electron chi connectivity index (χ4n) is 1.33. The molecule has 0 aromatic heterocycles. The van der Waals surface area contributed by atoms with E-state index in [9.17, 15) is 0 Å². The van der Waals surface area contributed by atoms with E-state index in [4.69, 9.17) is 5.11 Å². The summed E-state index contributed by atoms with van der Waals surface area (Å²) in [5.74, 6) is 0. The van der Waals surface area contributed by atoms with Crippen molar-refractivity contribution in [3.8, 4) is 0 Å². The summed E-state index contributed by atoms with van der Waals surface area (Å²) in [7, 11) is 0. The van der Waals surface area contributed by atoms with Crippen molar-refractivity contribution in [1.29, 1.82) is 0 Å². The maximum atomic E-state index is 8.53. The van der Waals surface area contributed by atoms with Crippen molar-refractivity contribution in [3.63, 3.8) is 0 Å². The van der Waals surface area contributed by atoms with Crippen LogP contribution in [-0.4, -0.2) is 36.2 Å². The second kappa shape index (κ2) is 5.33. The summed E-state index contributed by atoms with van der Waals surface area (Å²) in [6.07, 6.45) is 7.77. The Bertz CT molecular complexity index is 115. The first-order valence-corrected chi connectivity index (χ1v) is 4.41. The maximum Gasteiger partial charge on any atom is 0.0431 e. The number of nitrogens with zero attached hydrogens (tertiary/aromatic N) is 1. The minimum atomic E-state index is 0.345. The topological polar surface area (TPSA) is 23.5 Å². The standard InChI is InChI=1S/C9H17NO/c11-9-5-1-2-6-10-7-3-4-8-10/h3-4,11H,1-2,5-9H2. The molecule has 0 aromatic carbocycles. The van der Waals surface area contributed by atoms with Gasteiger partial charge in [-0.15, -0.1) is 0 Å². The third kappa shape index (κ3) is 3.54. The van der Waals surface area contributed by atoms with Gasteiger partial charge in [0.2, 0.25) is 0 Å². The molecule has 0 fully saturated rings. The van der Waals surface area contributed by atoms with Crippen LogP contribution in [0.15, 0.2) is 12.2 Å². The van der Waals surface area contributed by atoms with Crippen LogP contribution in [0, 0.1) is 0 Å². The molecule has 0 aromatic rings. The number of rotatable bonds is 5. The molecule has 0 aliphatic carbocycles. The van der Waals surface area contributed by atoms with E-state index in [1.54, 1.807) is 0 Å². The van der Waals surface area contributed by atoms with Gasteiger partial charge in [-0.1, -0.05) is 12.2 Å². The Balaban J connectivity index is 1.87. The maximum absolute atomic E-state index is 8.53. The van der Waals surface area contributed by atoms with Gasteiger partial charge in [-0.25, -0.2) is 0 Å². The van der Waals surface area contributed by atoms with E-state index in [0.717, 1.165) is 25.9 Å². The van der Waals surface area contributed by atoms with E-state index in [2.05, 4.69) is 17.1 Å². The van der Waals surface area contributed by atoms with Crippen LogP contribution in [0.5, 0.6) is 0 Å². The van der Waals surface area contributed by atoms with Gasteiger partial charge in [-0.2, -0.15) is 0 Å². The lowest BCUT2D eigenvalue weighted by Crippen LogP contribution is -2.20. The van der Waals surface area contributed by atoms with Gasteiger partial charge in [-0.3, -0.25) is 4.90 Å². The normalized spacial score (nSPS) is 17.9. The van der Waals surface area contributed by atoms with Crippen LogP contribution < -0.4 is 0 Å². The van der Waals surface area contributed by atoms with Crippen molar-refractivity contribution in [2.24, 2.45) is 0 Å². The predicted octanol–water partition coefficient (Wildman–Crippen LogP) is 1.02. The van der Waals surface area contributed by atoms with Crippen LogP contribution in [0.1, 0.15) is 19.3 Å². The highest BCUT2D eigenvalue weighted by molar-refractivity contribution is 4.94. The van der Waals surface area contributed by atoms with Crippen molar-refractivity contribution in [1.82, 2.24) is 4.90 Å². The molecule has 0 saturated heterocycles. The molecule has 0 amide bonds. The largest absolute Gasteiger partial charge is 0.396 e. The Morgan fingerprint density at radius 2 is 1.82 bits per heavy atom. The number of hydrogen-bond donors (Lipinski definition) is 1. The summed E-state index contributed by atoms with van der Waals surface area (Å²) >= 11 is 0. The summed E-state index contributed by atoms with van der Waals surface area (Å²) in [5.41, 5.74) is 0. The first kappa shape index (κ1) is 8.75. The van der Waals surface area contributed by atoms with Gasteiger partial charge < -0.3 is 5.11 Å². The van der Waals surface area contributed by atoms with Crippen molar-refractivity contribution < 1.29 is 5.11 Å². The predicted molar refractivity (Wildman–Crippen MR) is 46.5 cm³/mol. The highest BCUT2D eigenvalue weighted by atomic mass is 16.2. The zero-order valence-electron chi connectivity index (χ0n) is 7.00. The Kier molecular flexibility index (Phi) is 4.24. The Morgan fingerprint density at radius 3 is 2.45 bits per heavy atom. The first-order chi connectivity index (χ1) is 5.43.